The zero-order chi connectivity index (χ0) is 10.8. The predicted octanol–water partition coefficient (Wildman–Crippen LogP) is 2.83. The minimum Gasteiger partial charge on any atom is -0.380 e. The average Bonchev–Trinajstić information content (AvgIpc) is 2.16. The summed E-state index contributed by atoms with van der Waals surface area (Å²) in [6, 6.07) is 0.670. The summed E-state index contributed by atoms with van der Waals surface area (Å²) in [7, 11) is 0. The van der Waals surface area contributed by atoms with Crippen LogP contribution in [-0.2, 0) is 4.74 Å². The highest BCUT2D eigenvalue weighted by Crippen LogP contribution is 1.98. The number of ether oxygens (including phenoxy) is 1. The molecule has 0 saturated heterocycles. The lowest BCUT2D eigenvalue weighted by atomic mass is 10.1. The van der Waals surface area contributed by atoms with Crippen molar-refractivity contribution in [3.05, 3.63) is 0 Å². The Balaban J connectivity index is 3.12. The SMILES string of the molecule is CCC(CC)NCCOCCC(C)C. The van der Waals surface area contributed by atoms with E-state index in [-0.39, 0.29) is 0 Å². The summed E-state index contributed by atoms with van der Waals surface area (Å²) in [5.74, 6) is 0.752. The highest BCUT2D eigenvalue weighted by atomic mass is 16.5. The lowest BCUT2D eigenvalue weighted by Crippen LogP contribution is -2.30. The molecule has 0 aliphatic heterocycles. The van der Waals surface area contributed by atoms with Gasteiger partial charge in [0.2, 0.25) is 0 Å². The number of rotatable bonds is 9. The molecule has 0 amide bonds. The fourth-order valence-corrected chi connectivity index (χ4v) is 1.33. The quantitative estimate of drug-likeness (QED) is 0.579. The van der Waals surface area contributed by atoms with E-state index in [1.165, 1.54) is 19.3 Å². The molecule has 0 radical (unpaired) electrons. The first-order valence-electron chi connectivity index (χ1n) is 6.01. The molecule has 1 N–H and O–H groups in total. The van der Waals surface area contributed by atoms with Gasteiger partial charge >= 0.3 is 0 Å². The molecule has 2 nitrogen and oxygen atoms in total. The third-order valence-corrected chi connectivity index (χ3v) is 2.50. The standard InChI is InChI=1S/C12H27NO/c1-5-12(6-2)13-8-10-14-9-7-11(3)4/h11-13H,5-10H2,1-4H3. The lowest BCUT2D eigenvalue weighted by Gasteiger charge is -2.14. The Labute approximate surface area is 89.4 Å². The molecule has 14 heavy (non-hydrogen) atoms. The van der Waals surface area contributed by atoms with E-state index < -0.39 is 0 Å². The van der Waals surface area contributed by atoms with Gasteiger partial charge in [0.15, 0.2) is 0 Å². The Bertz CT molecular complexity index is 111. The number of hydrogen-bond acceptors (Lipinski definition) is 2. The maximum Gasteiger partial charge on any atom is 0.0591 e. The monoisotopic (exact) mass is 201 g/mol. The first-order valence-corrected chi connectivity index (χ1v) is 6.01. The summed E-state index contributed by atoms with van der Waals surface area (Å²) in [6.07, 6.45) is 3.59. The van der Waals surface area contributed by atoms with Crippen molar-refractivity contribution < 1.29 is 4.74 Å². The predicted molar refractivity (Wildman–Crippen MR) is 62.6 cm³/mol. The molecule has 0 aromatic carbocycles. The van der Waals surface area contributed by atoms with Gasteiger partial charge in [0, 0.05) is 19.2 Å². The molecule has 0 fully saturated rings. The van der Waals surface area contributed by atoms with E-state index >= 15 is 0 Å². The summed E-state index contributed by atoms with van der Waals surface area (Å²) in [5, 5.41) is 3.48. The second-order valence-corrected chi connectivity index (χ2v) is 4.26. The Kier molecular flexibility index (Phi) is 9.42. The van der Waals surface area contributed by atoms with Gasteiger partial charge in [-0.25, -0.2) is 0 Å². The molecule has 2 heteroatoms. The fraction of sp³-hybridized carbons (Fsp3) is 1.00. The van der Waals surface area contributed by atoms with Gasteiger partial charge in [-0.2, -0.15) is 0 Å². The van der Waals surface area contributed by atoms with Crippen LogP contribution in [0.2, 0.25) is 0 Å². The minimum absolute atomic E-state index is 0.670. The zero-order valence-corrected chi connectivity index (χ0v) is 10.3. The van der Waals surface area contributed by atoms with E-state index in [4.69, 9.17) is 4.74 Å². The van der Waals surface area contributed by atoms with Crippen molar-refractivity contribution in [3.63, 3.8) is 0 Å². The van der Waals surface area contributed by atoms with Crippen LogP contribution < -0.4 is 5.32 Å². The van der Waals surface area contributed by atoms with Gasteiger partial charge in [-0.3, -0.25) is 0 Å². The smallest absolute Gasteiger partial charge is 0.0591 e. The normalized spacial score (nSPS) is 11.6. The molecule has 0 atom stereocenters. The van der Waals surface area contributed by atoms with E-state index in [1.807, 2.05) is 0 Å². The largest absolute Gasteiger partial charge is 0.380 e. The summed E-state index contributed by atoms with van der Waals surface area (Å²) in [5.41, 5.74) is 0. The Morgan fingerprint density at radius 2 is 1.71 bits per heavy atom. The van der Waals surface area contributed by atoms with E-state index in [2.05, 4.69) is 33.0 Å². The van der Waals surface area contributed by atoms with E-state index in [1.54, 1.807) is 0 Å². The molecular formula is C12H27NO. The van der Waals surface area contributed by atoms with Gasteiger partial charge in [-0.1, -0.05) is 27.7 Å². The second kappa shape index (κ2) is 9.47. The van der Waals surface area contributed by atoms with Crippen molar-refractivity contribution in [3.8, 4) is 0 Å². The Morgan fingerprint density at radius 1 is 1.07 bits per heavy atom. The van der Waals surface area contributed by atoms with Gasteiger partial charge in [-0.05, 0) is 25.2 Å². The summed E-state index contributed by atoms with van der Waals surface area (Å²) >= 11 is 0. The average molecular weight is 201 g/mol. The minimum atomic E-state index is 0.670. The van der Waals surface area contributed by atoms with E-state index in [0.29, 0.717) is 6.04 Å². The highest BCUT2D eigenvalue weighted by molar-refractivity contribution is 4.61. The van der Waals surface area contributed by atoms with Crippen molar-refractivity contribution in [2.45, 2.75) is 53.0 Å². The van der Waals surface area contributed by atoms with Gasteiger partial charge in [-0.15, -0.1) is 0 Å². The summed E-state index contributed by atoms with van der Waals surface area (Å²) < 4.78 is 5.52. The van der Waals surface area contributed by atoms with Gasteiger partial charge in [0.1, 0.15) is 0 Å². The molecule has 0 aromatic rings. The molecule has 0 rings (SSSR count). The molecule has 0 heterocycles. The van der Waals surface area contributed by atoms with Gasteiger partial charge in [0.25, 0.3) is 0 Å². The molecular weight excluding hydrogens is 174 g/mol. The first kappa shape index (κ1) is 13.9. The lowest BCUT2D eigenvalue weighted by molar-refractivity contribution is 0.123. The molecule has 0 aromatic heterocycles. The molecule has 86 valence electrons. The van der Waals surface area contributed by atoms with Crippen molar-refractivity contribution >= 4 is 0 Å². The van der Waals surface area contributed by atoms with Crippen LogP contribution in [0.4, 0.5) is 0 Å². The zero-order valence-electron chi connectivity index (χ0n) is 10.3. The topological polar surface area (TPSA) is 21.3 Å². The number of hydrogen-bond donors (Lipinski definition) is 1. The van der Waals surface area contributed by atoms with Crippen LogP contribution in [0.5, 0.6) is 0 Å². The summed E-state index contributed by atoms with van der Waals surface area (Å²) in [6.45, 7) is 11.6. The van der Waals surface area contributed by atoms with E-state index in [0.717, 1.165) is 25.7 Å². The highest BCUT2D eigenvalue weighted by Gasteiger charge is 2.00. The van der Waals surface area contributed by atoms with Crippen molar-refractivity contribution in [1.82, 2.24) is 5.32 Å². The van der Waals surface area contributed by atoms with Crippen LogP contribution >= 0.6 is 0 Å². The Morgan fingerprint density at radius 3 is 2.21 bits per heavy atom. The second-order valence-electron chi connectivity index (χ2n) is 4.26. The number of nitrogens with one attached hydrogen (secondary N) is 1. The maximum absolute atomic E-state index is 5.52. The third-order valence-electron chi connectivity index (χ3n) is 2.50. The first-order chi connectivity index (χ1) is 6.70. The Hall–Kier alpha value is -0.0800. The molecule has 0 bridgehead atoms. The third kappa shape index (κ3) is 8.52. The molecule has 0 spiro atoms. The molecule has 0 aliphatic rings. The van der Waals surface area contributed by atoms with E-state index in [9.17, 15) is 0 Å². The van der Waals surface area contributed by atoms with Crippen LogP contribution in [0.3, 0.4) is 0 Å². The maximum atomic E-state index is 5.52. The molecule has 0 aliphatic carbocycles. The summed E-state index contributed by atoms with van der Waals surface area (Å²) in [4.78, 5) is 0. The van der Waals surface area contributed by atoms with Crippen LogP contribution in [0, 0.1) is 5.92 Å². The van der Waals surface area contributed by atoms with Crippen LogP contribution in [-0.4, -0.2) is 25.8 Å². The van der Waals surface area contributed by atoms with Crippen molar-refractivity contribution in [1.29, 1.82) is 0 Å². The molecule has 0 unspecified atom stereocenters. The van der Waals surface area contributed by atoms with Crippen LogP contribution in [0.15, 0.2) is 0 Å². The fourth-order valence-electron chi connectivity index (χ4n) is 1.33. The van der Waals surface area contributed by atoms with Crippen molar-refractivity contribution in [2.24, 2.45) is 5.92 Å². The molecule has 0 saturated carbocycles. The van der Waals surface area contributed by atoms with Gasteiger partial charge in [0.05, 0.1) is 6.61 Å². The van der Waals surface area contributed by atoms with Crippen LogP contribution in [0.25, 0.3) is 0 Å². The van der Waals surface area contributed by atoms with Gasteiger partial charge < -0.3 is 10.1 Å². The van der Waals surface area contributed by atoms with Crippen molar-refractivity contribution in [2.75, 3.05) is 19.8 Å². The van der Waals surface area contributed by atoms with Crippen LogP contribution in [0.1, 0.15) is 47.0 Å².